The molecule has 0 aromatic heterocycles. The summed E-state index contributed by atoms with van der Waals surface area (Å²) in [6.07, 6.45) is 0. The fraction of sp³-hybridized carbons (Fsp3) is 0.625. The van der Waals surface area contributed by atoms with Crippen molar-refractivity contribution in [2.75, 3.05) is 59.3 Å². The smallest absolute Gasteiger partial charge is 0.123 e. The van der Waals surface area contributed by atoms with Crippen LogP contribution in [0.2, 0.25) is 0 Å². The van der Waals surface area contributed by atoms with Gasteiger partial charge in [-0.05, 0) is 19.1 Å². The molecule has 1 aliphatic rings. The van der Waals surface area contributed by atoms with E-state index in [-0.39, 0.29) is 0 Å². The molecular weight excluding hydrogens is 270 g/mol. The van der Waals surface area contributed by atoms with Gasteiger partial charge in [0.1, 0.15) is 18.1 Å². The van der Waals surface area contributed by atoms with E-state index < -0.39 is 0 Å². The van der Waals surface area contributed by atoms with E-state index in [0.29, 0.717) is 19.8 Å². The Morgan fingerprint density at radius 1 is 1.05 bits per heavy atom. The van der Waals surface area contributed by atoms with E-state index in [1.165, 1.54) is 0 Å². The van der Waals surface area contributed by atoms with Crippen LogP contribution in [0, 0.1) is 0 Å². The van der Waals surface area contributed by atoms with Crippen molar-refractivity contribution in [3.63, 3.8) is 0 Å². The van der Waals surface area contributed by atoms with Crippen molar-refractivity contribution < 1.29 is 18.9 Å². The summed E-state index contributed by atoms with van der Waals surface area (Å²) < 4.78 is 22.0. The maximum atomic E-state index is 5.65. The van der Waals surface area contributed by atoms with Gasteiger partial charge < -0.3 is 18.9 Å². The Balaban J connectivity index is 1.53. The highest BCUT2D eigenvalue weighted by Gasteiger charge is 2.09. The first kappa shape index (κ1) is 16.1. The van der Waals surface area contributed by atoms with Crippen LogP contribution in [0.3, 0.4) is 0 Å². The summed E-state index contributed by atoms with van der Waals surface area (Å²) in [4.78, 5) is 2.36. The zero-order valence-corrected chi connectivity index (χ0v) is 12.8. The van der Waals surface area contributed by atoms with Gasteiger partial charge in [0.15, 0.2) is 0 Å². The van der Waals surface area contributed by atoms with E-state index >= 15 is 0 Å². The third-order valence-electron chi connectivity index (χ3n) is 3.27. The van der Waals surface area contributed by atoms with Crippen LogP contribution in [-0.2, 0) is 9.47 Å². The molecule has 5 heteroatoms. The van der Waals surface area contributed by atoms with E-state index in [9.17, 15) is 0 Å². The van der Waals surface area contributed by atoms with Crippen LogP contribution in [0.4, 0.5) is 0 Å². The predicted octanol–water partition coefficient (Wildman–Crippen LogP) is 1.81. The van der Waals surface area contributed by atoms with Crippen LogP contribution >= 0.6 is 0 Å². The molecule has 2 rings (SSSR count). The van der Waals surface area contributed by atoms with Gasteiger partial charge in [-0.3, -0.25) is 4.90 Å². The zero-order chi connectivity index (χ0) is 14.8. The van der Waals surface area contributed by atoms with Crippen LogP contribution in [0.5, 0.6) is 11.5 Å². The van der Waals surface area contributed by atoms with Crippen molar-refractivity contribution in [1.29, 1.82) is 0 Å². The molecule has 1 fully saturated rings. The summed E-state index contributed by atoms with van der Waals surface area (Å²) in [5.74, 6) is 1.65. The van der Waals surface area contributed by atoms with Crippen molar-refractivity contribution >= 4 is 0 Å². The lowest BCUT2D eigenvalue weighted by molar-refractivity contribution is 0.0170. The van der Waals surface area contributed by atoms with Crippen LogP contribution in [-0.4, -0.2) is 64.2 Å². The van der Waals surface area contributed by atoms with Gasteiger partial charge in [0, 0.05) is 25.7 Å². The first-order chi connectivity index (χ1) is 10.4. The minimum atomic E-state index is 0.554. The number of benzene rings is 1. The van der Waals surface area contributed by atoms with Gasteiger partial charge in [0.25, 0.3) is 0 Å². The molecule has 1 aromatic rings. The summed E-state index contributed by atoms with van der Waals surface area (Å²) in [7, 11) is 0. The summed E-state index contributed by atoms with van der Waals surface area (Å²) in [6.45, 7) is 9.16. The van der Waals surface area contributed by atoms with Gasteiger partial charge in [-0.25, -0.2) is 0 Å². The second-order valence-electron chi connectivity index (χ2n) is 4.82. The molecule has 1 saturated heterocycles. The fourth-order valence-electron chi connectivity index (χ4n) is 2.16. The second kappa shape index (κ2) is 9.60. The highest BCUT2D eigenvalue weighted by Crippen LogP contribution is 2.19. The van der Waals surface area contributed by atoms with Gasteiger partial charge in [-0.2, -0.15) is 0 Å². The lowest BCUT2D eigenvalue weighted by atomic mass is 10.3. The molecule has 0 bridgehead atoms. The first-order valence-electron chi connectivity index (χ1n) is 7.62. The van der Waals surface area contributed by atoms with Crippen molar-refractivity contribution in [2.45, 2.75) is 6.92 Å². The molecule has 5 nitrogen and oxygen atoms in total. The summed E-state index contributed by atoms with van der Waals surface area (Å²) in [5.41, 5.74) is 0. The molecule has 0 amide bonds. The number of ether oxygens (including phenoxy) is 4. The van der Waals surface area contributed by atoms with Crippen molar-refractivity contribution in [3.8, 4) is 11.5 Å². The maximum absolute atomic E-state index is 5.65. The molecule has 0 spiro atoms. The van der Waals surface area contributed by atoms with Gasteiger partial charge in [0.2, 0.25) is 0 Å². The van der Waals surface area contributed by atoms with E-state index in [1.807, 2.05) is 31.2 Å². The molecule has 1 aliphatic heterocycles. The molecule has 0 aliphatic carbocycles. The van der Waals surface area contributed by atoms with E-state index in [1.54, 1.807) is 0 Å². The number of hydrogen-bond acceptors (Lipinski definition) is 5. The van der Waals surface area contributed by atoms with Crippen LogP contribution in [0.15, 0.2) is 24.3 Å². The van der Waals surface area contributed by atoms with E-state index in [4.69, 9.17) is 18.9 Å². The lowest BCUT2D eigenvalue weighted by Crippen LogP contribution is -2.38. The third-order valence-corrected chi connectivity index (χ3v) is 3.27. The molecule has 1 aromatic carbocycles. The Labute approximate surface area is 126 Å². The number of morpholine rings is 1. The van der Waals surface area contributed by atoms with E-state index in [2.05, 4.69) is 4.90 Å². The van der Waals surface area contributed by atoms with E-state index in [0.717, 1.165) is 51.0 Å². The number of rotatable bonds is 9. The Morgan fingerprint density at radius 3 is 2.57 bits per heavy atom. The molecule has 0 unspecified atom stereocenters. The molecule has 21 heavy (non-hydrogen) atoms. The largest absolute Gasteiger partial charge is 0.494 e. The lowest BCUT2D eigenvalue weighted by Gasteiger charge is -2.26. The average molecular weight is 295 g/mol. The van der Waals surface area contributed by atoms with Gasteiger partial charge >= 0.3 is 0 Å². The molecular formula is C16H25NO4. The minimum absolute atomic E-state index is 0.554. The Bertz CT molecular complexity index is 394. The quantitative estimate of drug-likeness (QED) is 0.650. The normalized spacial score (nSPS) is 15.9. The third kappa shape index (κ3) is 6.33. The highest BCUT2D eigenvalue weighted by molar-refractivity contribution is 5.32. The Kier molecular flexibility index (Phi) is 7.35. The van der Waals surface area contributed by atoms with Crippen LogP contribution < -0.4 is 9.47 Å². The second-order valence-corrected chi connectivity index (χ2v) is 4.82. The molecule has 0 atom stereocenters. The van der Waals surface area contributed by atoms with Crippen molar-refractivity contribution in [1.82, 2.24) is 4.90 Å². The van der Waals surface area contributed by atoms with Crippen molar-refractivity contribution in [2.24, 2.45) is 0 Å². The predicted molar refractivity (Wildman–Crippen MR) is 81.2 cm³/mol. The van der Waals surface area contributed by atoms with Crippen molar-refractivity contribution in [3.05, 3.63) is 24.3 Å². The zero-order valence-electron chi connectivity index (χ0n) is 12.8. The Morgan fingerprint density at radius 2 is 1.81 bits per heavy atom. The van der Waals surface area contributed by atoms with Gasteiger partial charge in [0.05, 0.1) is 33.0 Å². The molecule has 118 valence electrons. The standard InChI is InChI=1S/C16H25NO4/c1-2-20-15-4-3-5-16(14-15)21-13-12-19-11-8-17-6-9-18-10-7-17/h3-5,14H,2,6-13H2,1H3. The first-order valence-corrected chi connectivity index (χ1v) is 7.62. The highest BCUT2D eigenvalue weighted by atomic mass is 16.5. The number of hydrogen-bond donors (Lipinski definition) is 0. The van der Waals surface area contributed by atoms with Gasteiger partial charge in [-0.1, -0.05) is 6.07 Å². The monoisotopic (exact) mass is 295 g/mol. The topological polar surface area (TPSA) is 40.2 Å². The SMILES string of the molecule is CCOc1cccc(OCCOCCN2CCOCC2)c1. The summed E-state index contributed by atoms with van der Waals surface area (Å²) in [5, 5.41) is 0. The molecule has 0 saturated carbocycles. The average Bonchev–Trinajstić information content (AvgIpc) is 2.52. The summed E-state index contributed by atoms with van der Waals surface area (Å²) >= 11 is 0. The van der Waals surface area contributed by atoms with Crippen LogP contribution in [0.1, 0.15) is 6.92 Å². The summed E-state index contributed by atoms with van der Waals surface area (Å²) in [6, 6.07) is 7.68. The molecule has 0 N–H and O–H groups in total. The molecule has 0 radical (unpaired) electrons. The number of nitrogens with zero attached hydrogens (tertiary/aromatic N) is 1. The Hall–Kier alpha value is -1.30. The van der Waals surface area contributed by atoms with Crippen LogP contribution in [0.25, 0.3) is 0 Å². The maximum Gasteiger partial charge on any atom is 0.123 e. The van der Waals surface area contributed by atoms with Gasteiger partial charge in [-0.15, -0.1) is 0 Å². The fourth-order valence-corrected chi connectivity index (χ4v) is 2.16. The minimum Gasteiger partial charge on any atom is -0.494 e. The molecule has 1 heterocycles.